The van der Waals surface area contributed by atoms with Gasteiger partial charge in [-0.25, -0.2) is 4.98 Å². The van der Waals surface area contributed by atoms with Gasteiger partial charge < -0.3 is 9.47 Å². The molecule has 6 nitrogen and oxygen atoms in total. The highest BCUT2D eigenvalue weighted by atomic mass is 16.2. The normalized spacial score (nSPS) is 16.1. The van der Waals surface area contributed by atoms with Crippen LogP contribution in [0.5, 0.6) is 0 Å². The van der Waals surface area contributed by atoms with E-state index in [1.807, 2.05) is 45.2 Å². The number of carbonyl (C=O) groups is 1. The lowest BCUT2D eigenvalue weighted by molar-refractivity contribution is -0.119. The molecule has 3 aromatic rings. The first-order chi connectivity index (χ1) is 13.6. The molecule has 144 valence electrons. The molecule has 0 spiro atoms. The fourth-order valence-electron chi connectivity index (χ4n) is 4.59. The third-order valence-corrected chi connectivity index (χ3v) is 6.06. The highest BCUT2D eigenvalue weighted by molar-refractivity contribution is 5.96. The lowest BCUT2D eigenvalue weighted by atomic mass is 10.2. The molecule has 0 N–H and O–H groups in total. The van der Waals surface area contributed by atoms with E-state index in [1.165, 1.54) is 5.56 Å². The van der Waals surface area contributed by atoms with E-state index < -0.39 is 0 Å². The maximum absolute atomic E-state index is 13.2. The summed E-state index contributed by atoms with van der Waals surface area (Å²) in [5.41, 5.74) is 4.36. The fraction of sp³-hybridized carbons (Fsp3) is 0.409. The maximum Gasteiger partial charge on any atom is 0.278 e. The summed E-state index contributed by atoms with van der Waals surface area (Å²) in [6.45, 7) is 3.53. The number of aryl methyl sites for hydroxylation is 2. The Morgan fingerprint density at radius 3 is 2.86 bits per heavy atom. The van der Waals surface area contributed by atoms with Gasteiger partial charge in [0.05, 0.1) is 5.52 Å². The molecule has 0 atom stereocenters. The van der Waals surface area contributed by atoms with Gasteiger partial charge in [0.2, 0.25) is 5.91 Å². The molecule has 2 aliphatic heterocycles. The monoisotopic (exact) mass is 376 g/mol. The third-order valence-electron chi connectivity index (χ3n) is 6.06. The Labute approximate surface area is 163 Å². The van der Waals surface area contributed by atoms with E-state index in [0.29, 0.717) is 17.6 Å². The molecule has 28 heavy (non-hydrogen) atoms. The van der Waals surface area contributed by atoms with Gasteiger partial charge in [-0.2, -0.15) is 0 Å². The van der Waals surface area contributed by atoms with Gasteiger partial charge in [0.1, 0.15) is 17.9 Å². The molecule has 0 aliphatic carbocycles. The van der Waals surface area contributed by atoms with E-state index in [9.17, 15) is 9.59 Å². The minimum Gasteiger partial charge on any atom is -0.330 e. The van der Waals surface area contributed by atoms with Gasteiger partial charge in [0.15, 0.2) is 0 Å². The first kappa shape index (κ1) is 17.2. The molecule has 1 amide bonds. The van der Waals surface area contributed by atoms with E-state index in [2.05, 4.69) is 6.07 Å². The summed E-state index contributed by atoms with van der Waals surface area (Å²) in [6.07, 6.45) is 4.93. The number of fused-ring (bicyclic) bond motifs is 3. The van der Waals surface area contributed by atoms with Gasteiger partial charge in [-0.15, -0.1) is 0 Å². The topological polar surface area (TPSA) is 60.1 Å². The maximum atomic E-state index is 13.2. The second-order valence-electron chi connectivity index (χ2n) is 7.83. The number of para-hydroxylation sites is 1. The highest BCUT2D eigenvalue weighted by Gasteiger charge is 2.26. The predicted octanol–water partition coefficient (Wildman–Crippen LogP) is 2.82. The molecule has 0 unspecified atom stereocenters. The van der Waals surface area contributed by atoms with Crippen LogP contribution in [0.25, 0.3) is 11.0 Å². The summed E-state index contributed by atoms with van der Waals surface area (Å²) in [6, 6.07) is 9.98. The van der Waals surface area contributed by atoms with E-state index in [1.54, 1.807) is 0 Å². The molecule has 6 heteroatoms. The van der Waals surface area contributed by atoms with Crippen molar-refractivity contribution in [1.82, 2.24) is 14.1 Å². The molecule has 0 fully saturated rings. The zero-order chi connectivity index (χ0) is 19.3. The second kappa shape index (κ2) is 6.62. The van der Waals surface area contributed by atoms with Crippen LogP contribution < -0.4 is 10.5 Å². The minimum absolute atomic E-state index is 0.00961. The number of rotatable bonds is 2. The van der Waals surface area contributed by atoms with E-state index in [-0.39, 0.29) is 18.0 Å². The first-order valence-electron chi connectivity index (χ1n) is 10.1. The number of nitrogens with zero attached hydrogens (tertiary/aromatic N) is 4. The SMILES string of the molecule is Cc1cc2nc3n(c(=O)c2n1CC(=O)N1CCc2ccccc21)CCCCC3. The first-order valence-corrected chi connectivity index (χ1v) is 10.1. The van der Waals surface area contributed by atoms with Gasteiger partial charge in [-0.05, 0) is 43.9 Å². The van der Waals surface area contributed by atoms with Crippen LogP contribution in [-0.4, -0.2) is 26.6 Å². The number of amides is 1. The summed E-state index contributed by atoms with van der Waals surface area (Å²) in [7, 11) is 0. The molecule has 0 saturated carbocycles. The predicted molar refractivity (Wildman–Crippen MR) is 109 cm³/mol. The van der Waals surface area contributed by atoms with Crippen LogP contribution in [0.2, 0.25) is 0 Å². The van der Waals surface area contributed by atoms with Crippen LogP contribution in [0.4, 0.5) is 5.69 Å². The van der Waals surface area contributed by atoms with Crippen molar-refractivity contribution in [2.24, 2.45) is 0 Å². The molecule has 4 heterocycles. The molecular formula is C22H24N4O2. The quantitative estimate of drug-likeness (QED) is 0.691. The van der Waals surface area contributed by atoms with Crippen molar-refractivity contribution >= 4 is 22.6 Å². The standard InChI is InChI=1S/C22H24N4O2/c1-15-13-17-21(22(28)25-11-6-2-3-9-19(25)23-17)26(15)14-20(27)24-12-10-16-7-4-5-8-18(16)24/h4-5,7-8,13H,2-3,6,9-12,14H2,1H3. The number of hydrogen-bond donors (Lipinski definition) is 0. The van der Waals surface area contributed by atoms with Crippen molar-refractivity contribution in [3.63, 3.8) is 0 Å². The molecule has 2 aromatic heterocycles. The molecule has 0 bridgehead atoms. The zero-order valence-electron chi connectivity index (χ0n) is 16.1. The van der Waals surface area contributed by atoms with E-state index >= 15 is 0 Å². The van der Waals surface area contributed by atoms with E-state index in [4.69, 9.17) is 4.98 Å². The van der Waals surface area contributed by atoms with Crippen LogP contribution >= 0.6 is 0 Å². The van der Waals surface area contributed by atoms with Crippen molar-refractivity contribution in [2.45, 2.75) is 52.1 Å². The summed E-state index contributed by atoms with van der Waals surface area (Å²) >= 11 is 0. The molecule has 0 radical (unpaired) electrons. The van der Waals surface area contributed by atoms with Gasteiger partial charge >= 0.3 is 0 Å². The third kappa shape index (κ3) is 2.66. The summed E-state index contributed by atoms with van der Waals surface area (Å²) in [5, 5.41) is 0. The average molecular weight is 376 g/mol. The summed E-state index contributed by atoms with van der Waals surface area (Å²) in [4.78, 5) is 33.0. The minimum atomic E-state index is -0.00961. The van der Waals surface area contributed by atoms with Gasteiger partial charge in [0.25, 0.3) is 5.56 Å². The molecule has 5 rings (SSSR count). The average Bonchev–Trinajstić information content (AvgIpc) is 3.15. The Morgan fingerprint density at radius 2 is 1.96 bits per heavy atom. The van der Waals surface area contributed by atoms with Crippen LogP contribution in [0.1, 0.15) is 36.3 Å². The Hall–Kier alpha value is -2.89. The number of anilines is 1. The molecular weight excluding hydrogens is 352 g/mol. The van der Waals surface area contributed by atoms with E-state index in [0.717, 1.165) is 55.9 Å². The van der Waals surface area contributed by atoms with Crippen molar-refractivity contribution in [3.8, 4) is 0 Å². The molecule has 0 saturated heterocycles. The summed E-state index contributed by atoms with van der Waals surface area (Å²) in [5.74, 6) is 0.900. The van der Waals surface area contributed by atoms with Crippen LogP contribution in [-0.2, 0) is 30.7 Å². The van der Waals surface area contributed by atoms with Gasteiger partial charge in [0, 0.05) is 30.9 Å². The molecule has 1 aromatic carbocycles. The van der Waals surface area contributed by atoms with Crippen molar-refractivity contribution < 1.29 is 4.79 Å². The Kier molecular flexibility index (Phi) is 4.07. The highest BCUT2D eigenvalue weighted by Crippen LogP contribution is 2.28. The Bertz CT molecular complexity index is 1140. The second-order valence-corrected chi connectivity index (χ2v) is 7.83. The Balaban J connectivity index is 1.55. The number of benzene rings is 1. The number of carbonyl (C=O) groups excluding carboxylic acids is 1. The summed E-state index contributed by atoms with van der Waals surface area (Å²) < 4.78 is 3.67. The van der Waals surface area contributed by atoms with Crippen LogP contribution in [0.15, 0.2) is 35.1 Å². The van der Waals surface area contributed by atoms with Gasteiger partial charge in [-0.1, -0.05) is 24.6 Å². The number of aromatic nitrogens is 3. The van der Waals surface area contributed by atoms with Crippen LogP contribution in [0, 0.1) is 6.92 Å². The Morgan fingerprint density at radius 1 is 1.11 bits per heavy atom. The fourth-order valence-corrected chi connectivity index (χ4v) is 4.59. The van der Waals surface area contributed by atoms with Crippen molar-refractivity contribution in [3.05, 3.63) is 57.8 Å². The zero-order valence-corrected chi connectivity index (χ0v) is 16.1. The number of hydrogen-bond acceptors (Lipinski definition) is 3. The largest absolute Gasteiger partial charge is 0.330 e. The molecule has 2 aliphatic rings. The van der Waals surface area contributed by atoms with Crippen molar-refractivity contribution in [1.29, 1.82) is 0 Å². The smallest absolute Gasteiger partial charge is 0.278 e. The van der Waals surface area contributed by atoms with Crippen molar-refractivity contribution in [2.75, 3.05) is 11.4 Å². The van der Waals surface area contributed by atoms with Crippen LogP contribution in [0.3, 0.4) is 0 Å². The van der Waals surface area contributed by atoms with Gasteiger partial charge in [-0.3, -0.25) is 14.2 Å². The lowest BCUT2D eigenvalue weighted by Gasteiger charge is -2.19. The lowest BCUT2D eigenvalue weighted by Crippen LogP contribution is -2.33.